The van der Waals surface area contributed by atoms with Crippen LogP contribution < -0.4 is 11.1 Å². The van der Waals surface area contributed by atoms with Gasteiger partial charge >= 0.3 is 0 Å². The summed E-state index contributed by atoms with van der Waals surface area (Å²) in [5, 5.41) is 14.0. The Bertz CT molecular complexity index is 1120. The number of amides is 1. The second kappa shape index (κ2) is 9.80. The topological polar surface area (TPSA) is 137 Å². The molecule has 0 bridgehead atoms. The zero-order valence-electron chi connectivity index (χ0n) is 22.6. The summed E-state index contributed by atoms with van der Waals surface area (Å²) in [6.45, 7) is 4.43. The number of carbonyl (C=O) groups is 3. The molecule has 3 saturated carbocycles. The van der Waals surface area contributed by atoms with E-state index in [0.717, 1.165) is 12.5 Å². The summed E-state index contributed by atoms with van der Waals surface area (Å²) < 4.78 is 51.2. The molecular weight excluding hydrogens is 514 g/mol. The smallest absolute Gasteiger partial charge is 0.235 e. The average molecular weight is 553 g/mol. The minimum Gasteiger partial charge on any atom is -0.390 e. The van der Waals surface area contributed by atoms with Crippen molar-refractivity contribution >= 4 is 17.5 Å². The van der Waals surface area contributed by atoms with Gasteiger partial charge in [0.25, 0.3) is 0 Å². The summed E-state index contributed by atoms with van der Waals surface area (Å²) in [5.41, 5.74) is -1.09. The first-order chi connectivity index (χ1) is 18.4. The molecule has 0 aromatic heterocycles. The molecule has 1 saturated heterocycles. The van der Waals surface area contributed by atoms with Gasteiger partial charge in [0.15, 0.2) is 29.1 Å². The number of fused-ring (bicyclic) bond motifs is 7. The molecule has 4 N–H and O–H groups in total. The number of aliphatic hydroxyl groups excluding tert-OH is 1. The Hall–Kier alpha value is -2.05. The molecule has 0 aromatic rings. The second-order valence-corrected chi connectivity index (χ2v) is 12.0. The normalized spacial score (nSPS) is 46.1. The molecule has 0 radical (unpaired) electrons. The van der Waals surface area contributed by atoms with Crippen LogP contribution in [0.2, 0.25) is 0 Å². The van der Waals surface area contributed by atoms with E-state index in [1.807, 2.05) is 6.92 Å². The number of carbonyl (C=O) groups excluding carboxylic acids is 3. The van der Waals surface area contributed by atoms with Crippen LogP contribution in [-0.2, 0) is 28.6 Å². The highest BCUT2D eigenvalue weighted by Crippen LogP contribution is 2.72. The van der Waals surface area contributed by atoms with Crippen molar-refractivity contribution in [3.63, 3.8) is 0 Å². The van der Waals surface area contributed by atoms with E-state index < -0.39 is 82.7 Å². The van der Waals surface area contributed by atoms with Gasteiger partial charge < -0.3 is 30.4 Å². The maximum absolute atomic E-state index is 17.4. The van der Waals surface area contributed by atoms with E-state index in [9.17, 15) is 19.5 Å². The first-order valence-electron chi connectivity index (χ1n) is 13.8. The molecule has 9 nitrogen and oxygen atoms in total. The molecule has 1 unspecified atom stereocenters. The Balaban J connectivity index is 1.51. The molecule has 1 aliphatic heterocycles. The largest absolute Gasteiger partial charge is 0.390 e. The Kier molecular flexibility index (Phi) is 7.15. The monoisotopic (exact) mass is 552 g/mol. The number of allylic oxidation sites excluding steroid dienone is 4. The molecule has 1 heterocycles. The Morgan fingerprint density at radius 1 is 1.28 bits per heavy atom. The van der Waals surface area contributed by atoms with E-state index in [2.05, 4.69) is 5.32 Å². The second-order valence-electron chi connectivity index (χ2n) is 12.0. The maximum Gasteiger partial charge on any atom is 0.235 e. The van der Waals surface area contributed by atoms with Crippen molar-refractivity contribution in [1.82, 2.24) is 5.32 Å². The quantitative estimate of drug-likeness (QED) is 0.306. The van der Waals surface area contributed by atoms with Gasteiger partial charge in [0.1, 0.15) is 19.5 Å². The van der Waals surface area contributed by atoms with Crippen LogP contribution in [0.15, 0.2) is 23.8 Å². The van der Waals surface area contributed by atoms with Gasteiger partial charge in [-0.25, -0.2) is 8.78 Å². The summed E-state index contributed by atoms with van der Waals surface area (Å²) in [5.74, 6) is -2.80. The Morgan fingerprint density at radius 2 is 2.03 bits per heavy atom. The SMILES string of the molecule is CCCC1O[C@@H]2C[C@H]3[C@@H]4C[C@H](F)C5=CC(=O)C=C[C@]5(C)[C@@]4(F)[C@@H](O)C[C@]3(C)[C@]2(C(=O)COCNC(=O)CN)O1. The molecule has 4 fully saturated rings. The van der Waals surface area contributed by atoms with Gasteiger partial charge in [-0.05, 0) is 56.3 Å². The summed E-state index contributed by atoms with van der Waals surface area (Å²) in [6, 6.07) is 0. The maximum atomic E-state index is 17.4. The lowest BCUT2D eigenvalue weighted by Gasteiger charge is -2.63. The molecule has 39 heavy (non-hydrogen) atoms. The van der Waals surface area contributed by atoms with E-state index in [4.69, 9.17) is 19.9 Å². The van der Waals surface area contributed by atoms with E-state index in [1.165, 1.54) is 19.1 Å². The van der Waals surface area contributed by atoms with Gasteiger partial charge in [-0.15, -0.1) is 0 Å². The Morgan fingerprint density at radius 3 is 2.72 bits per heavy atom. The number of hydrogen-bond donors (Lipinski definition) is 3. The highest BCUT2D eigenvalue weighted by atomic mass is 19.1. The van der Waals surface area contributed by atoms with Crippen LogP contribution in [0.4, 0.5) is 8.78 Å². The number of rotatable bonds is 8. The minimum absolute atomic E-state index is 0.0452. The van der Waals surface area contributed by atoms with Gasteiger partial charge in [0.2, 0.25) is 5.91 Å². The molecule has 10 atom stereocenters. The van der Waals surface area contributed by atoms with Gasteiger partial charge in [0.05, 0.1) is 18.8 Å². The van der Waals surface area contributed by atoms with Crippen molar-refractivity contribution in [2.75, 3.05) is 19.9 Å². The van der Waals surface area contributed by atoms with Gasteiger partial charge in [-0.1, -0.05) is 26.3 Å². The average Bonchev–Trinajstić information content (AvgIpc) is 3.37. The summed E-state index contributed by atoms with van der Waals surface area (Å²) >= 11 is 0. The van der Waals surface area contributed by atoms with Gasteiger partial charge in [0, 0.05) is 16.7 Å². The third kappa shape index (κ3) is 3.83. The van der Waals surface area contributed by atoms with Crippen molar-refractivity contribution in [1.29, 1.82) is 0 Å². The van der Waals surface area contributed by atoms with E-state index in [0.29, 0.717) is 6.42 Å². The molecule has 216 valence electrons. The van der Waals surface area contributed by atoms with Crippen molar-refractivity contribution in [2.24, 2.45) is 28.4 Å². The number of ether oxygens (including phenoxy) is 3. The lowest BCUT2D eigenvalue weighted by atomic mass is 9.44. The molecular formula is C28H38F2N2O7. The van der Waals surface area contributed by atoms with Crippen molar-refractivity contribution in [2.45, 2.75) is 88.8 Å². The zero-order valence-corrected chi connectivity index (χ0v) is 22.6. The molecule has 4 aliphatic carbocycles. The molecule has 5 rings (SSSR count). The molecule has 0 aromatic carbocycles. The highest BCUT2D eigenvalue weighted by molar-refractivity contribution is 6.01. The molecule has 5 aliphatic rings. The molecule has 11 heteroatoms. The Labute approximate surface area is 226 Å². The summed E-state index contributed by atoms with van der Waals surface area (Å²) in [4.78, 5) is 37.4. The lowest BCUT2D eigenvalue weighted by Crippen LogP contribution is -2.71. The van der Waals surface area contributed by atoms with Crippen LogP contribution in [0.5, 0.6) is 0 Å². The first kappa shape index (κ1) is 28.5. The molecule has 1 amide bonds. The fourth-order valence-electron chi connectivity index (χ4n) is 8.34. The highest BCUT2D eigenvalue weighted by Gasteiger charge is 2.79. The minimum atomic E-state index is -2.27. The number of alkyl halides is 2. The van der Waals surface area contributed by atoms with Crippen molar-refractivity contribution in [3.8, 4) is 0 Å². The predicted molar refractivity (Wildman–Crippen MR) is 134 cm³/mol. The van der Waals surface area contributed by atoms with E-state index in [1.54, 1.807) is 6.92 Å². The number of ketones is 2. The van der Waals surface area contributed by atoms with E-state index in [-0.39, 0.29) is 38.1 Å². The number of nitrogens with one attached hydrogen (secondary N) is 1. The fourth-order valence-corrected chi connectivity index (χ4v) is 8.34. The predicted octanol–water partition coefficient (Wildman–Crippen LogP) is 1.81. The van der Waals surface area contributed by atoms with Crippen LogP contribution in [0.1, 0.15) is 52.9 Å². The van der Waals surface area contributed by atoms with Crippen molar-refractivity contribution < 1.29 is 42.5 Å². The fraction of sp³-hybridized carbons (Fsp3) is 0.750. The van der Waals surface area contributed by atoms with Crippen LogP contribution in [0, 0.1) is 22.7 Å². The number of aliphatic hydroxyl groups is 1. The summed E-state index contributed by atoms with van der Waals surface area (Å²) in [6.07, 6.45) is 0.408. The third-order valence-corrected chi connectivity index (χ3v) is 10.2. The lowest BCUT2D eigenvalue weighted by molar-refractivity contribution is -0.235. The number of nitrogens with two attached hydrogens (primary N) is 1. The number of Topliss-reactive ketones (excluding diaryl/α,β-unsaturated/α-hetero) is 1. The van der Waals surface area contributed by atoms with Gasteiger partial charge in [-0.3, -0.25) is 14.4 Å². The molecule has 0 spiro atoms. The number of hydrogen-bond acceptors (Lipinski definition) is 8. The third-order valence-electron chi connectivity index (χ3n) is 10.2. The number of halogens is 2. The first-order valence-corrected chi connectivity index (χ1v) is 13.8. The van der Waals surface area contributed by atoms with E-state index >= 15 is 8.78 Å². The standard InChI is InChI=1S/C28H38F2N2O7/c1-4-5-24-38-22-10-16-17-9-19(29)18-8-15(33)6-7-25(18,2)27(17,30)20(34)11-26(16,3)28(22,39-24)21(35)13-37-14-32-23(36)12-31/h6-8,16-17,19-20,22,24,34H,4-5,9-14,31H2,1-3H3,(H,32,36)/t16-,17-,19-,20-,22+,24?,25-,26-,27-,28+/m0/s1. The van der Waals surface area contributed by atoms with Crippen LogP contribution >= 0.6 is 0 Å². The van der Waals surface area contributed by atoms with Crippen LogP contribution in [-0.4, -0.2) is 78.4 Å². The van der Waals surface area contributed by atoms with Gasteiger partial charge in [-0.2, -0.15) is 0 Å². The van der Waals surface area contributed by atoms with Crippen LogP contribution in [0.3, 0.4) is 0 Å². The zero-order chi connectivity index (χ0) is 28.4. The summed E-state index contributed by atoms with van der Waals surface area (Å²) in [7, 11) is 0. The van der Waals surface area contributed by atoms with Crippen molar-refractivity contribution in [3.05, 3.63) is 23.8 Å². The van der Waals surface area contributed by atoms with Crippen LogP contribution in [0.25, 0.3) is 0 Å².